The highest BCUT2D eigenvalue weighted by Crippen LogP contribution is 2.26. The maximum Gasteiger partial charge on any atom is 0.328 e. The zero-order chi connectivity index (χ0) is 17.5. The van der Waals surface area contributed by atoms with Crippen LogP contribution in [0.3, 0.4) is 0 Å². The standard InChI is InChI=1S/C19H21NO4/c1-3-24-12-16(19(22)23)20-18(21)17-13(2)8-7-11-15(17)14-9-5-4-6-10-14/h4-11,16H,3,12H2,1-2H3,(H,20,21)(H,22,23)/t16-/m0/s1. The molecule has 0 unspecified atom stereocenters. The van der Waals surface area contributed by atoms with Crippen molar-refractivity contribution in [2.24, 2.45) is 0 Å². The zero-order valence-corrected chi connectivity index (χ0v) is 13.8. The molecule has 1 amide bonds. The van der Waals surface area contributed by atoms with Gasteiger partial charge in [-0.1, -0.05) is 48.5 Å². The van der Waals surface area contributed by atoms with Crippen molar-refractivity contribution in [2.45, 2.75) is 19.9 Å². The lowest BCUT2D eigenvalue weighted by Crippen LogP contribution is -2.44. The second-order valence-corrected chi connectivity index (χ2v) is 5.39. The summed E-state index contributed by atoms with van der Waals surface area (Å²) >= 11 is 0. The van der Waals surface area contributed by atoms with Gasteiger partial charge in [0.1, 0.15) is 0 Å². The molecule has 0 heterocycles. The molecular weight excluding hydrogens is 306 g/mol. The van der Waals surface area contributed by atoms with Crippen molar-refractivity contribution in [3.63, 3.8) is 0 Å². The number of aliphatic carboxylic acids is 1. The molecule has 2 rings (SSSR count). The van der Waals surface area contributed by atoms with Crippen LogP contribution >= 0.6 is 0 Å². The van der Waals surface area contributed by atoms with Crippen LogP contribution < -0.4 is 5.32 Å². The Morgan fingerprint density at radius 1 is 1.12 bits per heavy atom. The summed E-state index contributed by atoms with van der Waals surface area (Å²) in [5.41, 5.74) is 2.94. The van der Waals surface area contributed by atoms with Gasteiger partial charge in [0.05, 0.1) is 12.2 Å². The molecule has 126 valence electrons. The average Bonchev–Trinajstić information content (AvgIpc) is 2.58. The first kappa shape index (κ1) is 17.7. The number of ether oxygens (including phenoxy) is 1. The number of carbonyl (C=O) groups excluding carboxylic acids is 1. The summed E-state index contributed by atoms with van der Waals surface area (Å²) in [6, 6.07) is 14.0. The van der Waals surface area contributed by atoms with Crippen LogP contribution in [-0.4, -0.2) is 36.2 Å². The predicted molar refractivity (Wildman–Crippen MR) is 92.0 cm³/mol. The van der Waals surface area contributed by atoms with Crippen LogP contribution in [0.2, 0.25) is 0 Å². The number of aryl methyl sites for hydroxylation is 1. The van der Waals surface area contributed by atoms with Gasteiger partial charge >= 0.3 is 5.97 Å². The van der Waals surface area contributed by atoms with Gasteiger partial charge in [-0.2, -0.15) is 0 Å². The Labute approximate surface area is 141 Å². The first-order valence-corrected chi connectivity index (χ1v) is 7.81. The van der Waals surface area contributed by atoms with Gasteiger partial charge in [0.15, 0.2) is 6.04 Å². The molecule has 0 aromatic heterocycles. The van der Waals surface area contributed by atoms with Crippen LogP contribution in [0.5, 0.6) is 0 Å². The molecule has 5 heteroatoms. The summed E-state index contributed by atoms with van der Waals surface area (Å²) in [5, 5.41) is 11.8. The minimum absolute atomic E-state index is 0.0654. The van der Waals surface area contributed by atoms with Crippen molar-refractivity contribution in [1.82, 2.24) is 5.32 Å². The molecular formula is C19H21NO4. The fraction of sp³-hybridized carbons (Fsp3) is 0.263. The van der Waals surface area contributed by atoms with E-state index in [0.717, 1.165) is 16.7 Å². The third-order valence-electron chi connectivity index (χ3n) is 3.68. The molecule has 0 saturated heterocycles. The first-order valence-electron chi connectivity index (χ1n) is 7.81. The zero-order valence-electron chi connectivity index (χ0n) is 13.8. The van der Waals surface area contributed by atoms with Gasteiger partial charge in [0, 0.05) is 6.61 Å². The Morgan fingerprint density at radius 3 is 2.46 bits per heavy atom. The van der Waals surface area contributed by atoms with Gasteiger partial charge in [-0.15, -0.1) is 0 Å². The third kappa shape index (κ3) is 4.20. The van der Waals surface area contributed by atoms with Gasteiger partial charge in [0.2, 0.25) is 0 Å². The fourth-order valence-corrected chi connectivity index (χ4v) is 2.47. The number of nitrogens with one attached hydrogen (secondary N) is 1. The van der Waals surface area contributed by atoms with Crippen LogP contribution in [0.1, 0.15) is 22.8 Å². The van der Waals surface area contributed by atoms with E-state index in [1.54, 1.807) is 6.92 Å². The van der Waals surface area contributed by atoms with Gasteiger partial charge in [-0.3, -0.25) is 4.79 Å². The molecule has 0 aliphatic carbocycles. The molecule has 0 spiro atoms. The monoisotopic (exact) mass is 327 g/mol. The summed E-state index contributed by atoms with van der Waals surface area (Å²) in [6.07, 6.45) is 0. The molecule has 0 bridgehead atoms. The van der Waals surface area contributed by atoms with Gasteiger partial charge in [-0.05, 0) is 30.5 Å². The minimum atomic E-state index is -1.12. The maximum absolute atomic E-state index is 12.7. The van der Waals surface area contributed by atoms with Crippen LogP contribution in [-0.2, 0) is 9.53 Å². The SMILES string of the molecule is CCOC[C@H](NC(=O)c1c(C)cccc1-c1ccccc1)C(=O)O. The quantitative estimate of drug-likeness (QED) is 0.820. The van der Waals surface area contributed by atoms with Gasteiger partial charge in [-0.25, -0.2) is 4.79 Å². The minimum Gasteiger partial charge on any atom is -0.480 e. The Balaban J connectivity index is 2.34. The molecule has 1 atom stereocenters. The molecule has 0 radical (unpaired) electrons. The van der Waals surface area contributed by atoms with Crippen molar-refractivity contribution < 1.29 is 19.4 Å². The number of carboxylic acid groups (broad SMARTS) is 1. The van der Waals surface area contributed by atoms with Gasteiger partial charge in [0.25, 0.3) is 5.91 Å². The first-order chi connectivity index (χ1) is 11.5. The highest BCUT2D eigenvalue weighted by atomic mass is 16.5. The van der Waals surface area contributed by atoms with E-state index in [1.807, 2.05) is 55.5 Å². The summed E-state index contributed by atoms with van der Waals surface area (Å²) < 4.78 is 5.14. The Bertz CT molecular complexity index is 713. The van der Waals surface area contributed by atoms with Crippen molar-refractivity contribution in [2.75, 3.05) is 13.2 Å². The highest BCUT2D eigenvalue weighted by molar-refractivity contribution is 6.03. The molecule has 0 fully saturated rings. The van der Waals surface area contributed by atoms with E-state index < -0.39 is 17.9 Å². The molecule has 0 aliphatic heterocycles. The molecule has 24 heavy (non-hydrogen) atoms. The average molecular weight is 327 g/mol. The second-order valence-electron chi connectivity index (χ2n) is 5.39. The van der Waals surface area contributed by atoms with Crippen molar-refractivity contribution in [3.8, 4) is 11.1 Å². The third-order valence-corrected chi connectivity index (χ3v) is 3.68. The normalized spacial score (nSPS) is 11.8. The lowest BCUT2D eigenvalue weighted by molar-refractivity contribution is -0.140. The molecule has 2 N–H and O–H groups in total. The Kier molecular flexibility index (Phi) is 6.09. The number of rotatable bonds is 7. The molecule has 2 aromatic rings. The van der Waals surface area contributed by atoms with Crippen LogP contribution in [0, 0.1) is 6.92 Å². The maximum atomic E-state index is 12.7. The van der Waals surface area contributed by atoms with Crippen molar-refractivity contribution in [3.05, 3.63) is 59.7 Å². The Morgan fingerprint density at radius 2 is 1.83 bits per heavy atom. The number of carboxylic acids is 1. The highest BCUT2D eigenvalue weighted by Gasteiger charge is 2.23. The smallest absolute Gasteiger partial charge is 0.328 e. The van der Waals surface area contributed by atoms with E-state index in [1.165, 1.54) is 0 Å². The van der Waals surface area contributed by atoms with E-state index in [9.17, 15) is 14.7 Å². The molecule has 0 saturated carbocycles. The number of benzene rings is 2. The lowest BCUT2D eigenvalue weighted by Gasteiger charge is -2.17. The molecule has 0 aliphatic rings. The topological polar surface area (TPSA) is 75.6 Å². The largest absolute Gasteiger partial charge is 0.480 e. The van der Waals surface area contributed by atoms with E-state index >= 15 is 0 Å². The van der Waals surface area contributed by atoms with Crippen molar-refractivity contribution >= 4 is 11.9 Å². The Hall–Kier alpha value is -2.66. The summed E-state index contributed by atoms with van der Waals surface area (Å²) in [5.74, 6) is -1.54. The number of hydrogen-bond donors (Lipinski definition) is 2. The summed E-state index contributed by atoms with van der Waals surface area (Å²) in [4.78, 5) is 24.0. The lowest BCUT2D eigenvalue weighted by atomic mass is 9.95. The number of amides is 1. The van der Waals surface area contributed by atoms with Crippen molar-refractivity contribution in [1.29, 1.82) is 0 Å². The van der Waals surface area contributed by atoms with Crippen LogP contribution in [0.4, 0.5) is 0 Å². The van der Waals surface area contributed by atoms with E-state index in [4.69, 9.17) is 4.74 Å². The molecule has 5 nitrogen and oxygen atoms in total. The molecule has 2 aromatic carbocycles. The van der Waals surface area contributed by atoms with E-state index in [0.29, 0.717) is 12.2 Å². The summed E-state index contributed by atoms with van der Waals surface area (Å²) in [7, 11) is 0. The van der Waals surface area contributed by atoms with Gasteiger partial charge < -0.3 is 15.2 Å². The summed E-state index contributed by atoms with van der Waals surface area (Å²) in [6.45, 7) is 3.93. The number of hydrogen-bond acceptors (Lipinski definition) is 3. The van der Waals surface area contributed by atoms with Crippen LogP contribution in [0.25, 0.3) is 11.1 Å². The van der Waals surface area contributed by atoms with E-state index in [2.05, 4.69) is 5.32 Å². The second kappa shape index (κ2) is 8.26. The number of carbonyl (C=O) groups is 2. The van der Waals surface area contributed by atoms with E-state index in [-0.39, 0.29) is 6.61 Å². The predicted octanol–water partition coefficient (Wildman–Crippen LogP) is 2.88. The van der Waals surface area contributed by atoms with Crippen LogP contribution in [0.15, 0.2) is 48.5 Å². The fourth-order valence-electron chi connectivity index (χ4n) is 2.47.